The van der Waals surface area contributed by atoms with Gasteiger partial charge >= 0.3 is 0 Å². The molecule has 0 aromatic heterocycles. The molecule has 2 aliphatic heterocycles. The first kappa shape index (κ1) is 22.7. The number of Topliss-reactive ketones (excluding diaryl/α,β-unsaturated/α-hetero) is 1. The van der Waals surface area contributed by atoms with Crippen LogP contribution in [0, 0.1) is 0 Å². The van der Waals surface area contributed by atoms with Crippen molar-refractivity contribution in [1.29, 1.82) is 0 Å². The minimum absolute atomic E-state index is 0.00489. The number of aliphatic hydroxyl groups excluding tert-OH is 1. The number of amides is 1. The van der Waals surface area contributed by atoms with E-state index < -0.39 is 17.7 Å². The first-order valence-electron chi connectivity index (χ1n) is 10.7. The van der Waals surface area contributed by atoms with E-state index in [9.17, 15) is 14.7 Å². The Morgan fingerprint density at radius 3 is 2.33 bits per heavy atom. The van der Waals surface area contributed by atoms with E-state index in [-0.39, 0.29) is 24.0 Å². The van der Waals surface area contributed by atoms with Gasteiger partial charge in [0.25, 0.3) is 11.7 Å². The number of hydrogen-bond acceptors (Lipinski definition) is 7. The lowest BCUT2D eigenvalue weighted by Gasteiger charge is -2.28. The zero-order valence-corrected chi connectivity index (χ0v) is 18.9. The van der Waals surface area contributed by atoms with Gasteiger partial charge in [0.1, 0.15) is 23.0 Å². The molecule has 2 fully saturated rings. The molecule has 2 aromatic carbocycles. The van der Waals surface area contributed by atoms with E-state index >= 15 is 0 Å². The van der Waals surface area contributed by atoms with Crippen molar-refractivity contribution in [2.45, 2.75) is 25.0 Å². The largest absolute Gasteiger partial charge is 0.507 e. The maximum atomic E-state index is 13.2. The molecule has 2 saturated heterocycles. The summed E-state index contributed by atoms with van der Waals surface area (Å²) in [4.78, 5) is 27.8. The molecular formula is C25H27NO7. The number of nitrogens with zero attached hydrogens (tertiary/aromatic N) is 1. The third-order valence-electron chi connectivity index (χ3n) is 6.06. The van der Waals surface area contributed by atoms with E-state index in [1.165, 1.54) is 19.1 Å². The van der Waals surface area contributed by atoms with Gasteiger partial charge in [0.05, 0.1) is 39.0 Å². The molecule has 0 bridgehead atoms. The monoisotopic (exact) mass is 453 g/mol. The second-order valence-electron chi connectivity index (χ2n) is 7.92. The van der Waals surface area contributed by atoms with Crippen LogP contribution in [0.5, 0.6) is 17.2 Å². The van der Waals surface area contributed by atoms with Gasteiger partial charge in [-0.3, -0.25) is 9.59 Å². The average Bonchev–Trinajstić information content (AvgIpc) is 3.45. The van der Waals surface area contributed by atoms with Crippen LogP contribution >= 0.6 is 0 Å². The van der Waals surface area contributed by atoms with Crippen LogP contribution in [0.15, 0.2) is 48.0 Å². The highest BCUT2D eigenvalue weighted by molar-refractivity contribution is 6.46. The Kier molecular flexibility index (Phi) is 6.55. The van der Waals surface area contributed by atoms with Crippen LogP contribution < -0.4 is 14.2 Å². The number of rotatable bonds is 7. The summed E-state index contributed by atoms with van der Waals surface area (Å²) in [5, 5.41) is 11.2. The standard InChI is InChI=1S/C25H27NO7/c1-30-16-8-6-15(7-9-16)23(27)21-22(19-13-17(31-2)10-11-20(19)32-3)26(25(29)24(21)28)14-18-5-4-12-33-18/h6-11,13,18,22,27H,4-5,12,14H2,1-3H3. The van der Waals surface area contributed by atoms with Gasteiger partial charge in [0.15, 0.2) is 0 Å². The van der Waals surface area contributed by atoms with E-state index in [0.717, 1.165) is 12.8 Å². The fourth-order valence-corrected chi connectivity index (χ4v) is 4.36. The Bertz CT molecular complexity index is 1070. The summed E-state index contributed by atoms with van der Waals surface area (Å²) in [6.07, 6.45) is 1.51. The maximum Gasteiger partial charge on any atom is 0.295 e. The molecule has 0 radical (unpaired) electrons. The van der Waals surface area contributed by atoms with Crippen molar-refractivity contribution in [1.82, 2.24) is 4.90 Å². The summed E-state index contributed by atoms with van der Waals surface area (Å²) in [6, 6.07) is 11.0. The minimum Gasteiger partial charge on any atom is -0.507 e. The topological polar surface area (TPSA) is 94.5 Å². The molecular weight excluding hydrogens is 426 g/mol. The molecule has 2 atom stereocenters. The highest BCUT2D eigenvalue weighted by Crippen LogP contribution is 2.44. The summed E-state index contributed by atoms with van der Waals surface area (Å²) >= 11 is 0. The normalized spacial score (nSPS) is 22.0. The molecule has 0 aliphatic carbocycles. The van der Waals surface area contributed by atoms with E-state index in [0.29, 0.717) is 35.0 Å². The van der Waals surface area contributed by atoms with Crippen molar-refractivity contribution in [2.24, 2.45) is 0 Å². The van der Waals surface area contributed by atoms with Crippen molar-refractivity contribution < 1.29 is 33.6 Å². The van der Waals surface area contributed by atoms with E-state index in [1.807, 2.05) is 0 Å². The smallest absolute Gasteiger partial charge is 0.295 e. The van der Waals surface area contributed by atoms with Crippen molar-refractivity contribution in [3.63, 3.8) is 0 Å². The zero-order valence-electron chi connectivity index (χ0n) is 18.9. The van der Waals surface area contributed by atoms with Crippen molar-refractivity contribution in [2.75, 3.05) is 34.5 Å². The molecule has 2 aliphatic rings. The van der Waals surface area contributed by atoms with Crippen molar-refractivity contribution in [3.05, 3.63) is 59.2 Å². The fraction of sp³-hybridized carbons (Fsp3) is 0.360. The Hall–Kier alpha value is -3.52. The van der Waals surface area contributed by atoms with Gasteiger partial charge in [-0.1, -0.05) is 0 Å². The number of methoxy groups -OCH3 is 3. The second kappa shape index (κ2) is 9.54. The van der Waals surface area contributed by atoms with E-state index in [1.54, 1.807) is 49.6 Å². The number of ketones is 1. The van der Waals surface area contributed by atoms with E-state index in [2.05, 4.69) is 0 Å². The predicted octanol–water partition coefficient (Wildman–Crippen LogP) is 3.31. The van der Waals surface area contributed by atoms with Crippen LogP contribution in [-0.2, 0) is 14.3 Å². The summed E-state index contributed by atoms with van der Waals surface area (Å²) < 4.78 is 21.8. The summed E-state index contributed by atoms with van der Waals surface area (Å²) in [7, 11) is 4.59. The molecule has 2 aromatic rings. The Morgan fingerprint density at radius 2 is 1.73 bits per heavy atom. The summed E-state index contributed by atoms with van der Waals surface area (Å²) in [5.74, 6) is -0.0811. The highest BCUT2D eigenvalue weighted by Gasteiger charge is 2.48. The van der Waals surface area contributed by atoms with Gasteiger partial charge in [-0.15, -0.1) is 0 Å². The molecule has 174 valence electrons. The quantitative estimate of drug-likeness (QED) is 0.390. The lowest BCUT2D eigenvalue weighted by Crippen LogP contribution is -2.36. The van der Waals surface area contributed by atoms with Crippen molar-refractivity contribution >= 4 is 17.4 Å². The molecule has 0 saturated carbocycles. The van der Waals surface area contributed by atoms with Crippen LogP contribution in [0.1, 0.15) is 30.0 Å². The predicted molar refractivity (Wildman–Crippen MR) is 121 cm³/mol. The Morgan fingerprint density at radius 1 is 1.03 bits per heavy atom. The average molecular weight is 453 g/mol. The molecule has 1 N–H and O–H groups in total. The van der Waals surface area contributed by atoms with E-state index in [4.69, 9.17) is 18.9 Å². The summed E-state index contributed by atoms with van der Waals surface area (Å²) in [6.45, 7) is 0.850. The highest BCUT2D eigenvalue weighted by atomic mass is 16.5. The molecule has 2 unspecified atom stereocenters. The van der Waals surface area contributed by atoms with Gasteiger partial charge < -0.3 is 29.0 Å². The third kappa shape index (κ3) is 4.26. The molecule has 2 heterocycles. The molecule has 33 heavy (non-hydrogen) atoms. The number of aliphatic hydroxyl groups is 1. The number of benzene rings is 2. The minimum atomic E-state index is -0.860. The number of hydrogen-bond donors (Lipinski definition) is 1. The Balaban J connectivity index is 1.88. The van der Waals surface area contributed by atoms with Crippen molar-refractivity contribution in [3.8, 4) is 17.2 Å². The van der Waals surface area contributed by atoms with Crippen LogP contribution in [0.25, 0.3) is 5.76 Å². The SMILES string of the molecule is COc1ccc(C(O)=C2C(=O)C(=O)N(CC3CCCO3)C2c2cc(OC)ccc2OC)cc1. The first-order chi connectivity index (χ1) is 16.0. The maximum absolute atomic E-state index is 13.2. The van der Waals surface area contributed by atoms with Gasteiger partial charge in [-0.2, -0.15) is 0 Å². The lowest BCUT2D eigenvalue weighted by atomic mass is 9.94. The molecule has 4 rings (SSSR count). The lowest BCUT2D eigenvalue weighted by molar-refractivity contribution is -0.140. The van der Waals surface area contributed by atoms with Crippen LogP contribution in [-0.4, -0.2) is 62.3 Å². The number of carbonyl (C=O) groups is 2. The van der Waals surface area contributed by atoms with Gasteiger partial charge in [-0.05, 0) is 55.3 Å². The molecule has 1 amide bonds. The Labute approximate surface area is 192 Å². The third-order valence-corrected chi connectivity index (χ3v) is 6.06. The van der Waals surface area contributed by atoms with Crippen LogP contribution in [0.3, 0.4) is 0 Å². The number of carbonyl (C=O) groups excluding carboxylic acids is 2. The van der Waals surface area contributed by atoms with Gasteiger partial charge in [-0.25, -0.2) is 0 Å². The van der Waals surface area contributed by atoms with Crippen LogP contribution in [0.4, 0.5) is 0 Å². The second-order valence-corrected chi connectivity index (χ2v) is 7.92. The van der Waals surface area contributed by atoms with Crippen LogP contribution in [0.2, 0.25) is 0 Å². The molecule has 8 heteroatoms. The molecule has 8 nitrogen and oxygen atoms in total. The first-order valence-corrected chi connectivity index (χ1v) is 10.7. The number of likely N-dealkylation sites (tertiary alicyclic amines) is 1. The molecule has 0 spiro atoms. The fourth-order valence-electron chi connectivity index (χ4n) is 4.36. The summed E-state index contributed by atoms with van der Waals surface area (Å²) in [5.41, 5.74) is 0.941. The van der Waals surface area contributed by atoms with Gasteiger partial charge in [0.2, 0.25) is 0 Å². The van der Waals surface area contributed by atoms with Gasteiger partial charge in [0, 0.05) is 24.3 Å². The number of ether oxygens (including phenoxy) is 4. The zero-order chi connectivity index (χ0) is 23.5.